The Morgan fingerprint density at radius 3 is 2.55 bits per heavy atom. The van der Waals surface area contributed by atoms with Crippen LogP contribution in [0.5, 0.6) is 5.75 Å². The van der Waals surface area contributed by atoms with Crippen molar-refractivity contribution in [2.45, 2.75) is 0 Å². The van der Waals surface area contributed by atoms with E-state index in [9.17, 15) is 4.79 Å². The monoisotopic (exact) mass is 293 g/mol. The minimum atomic E-state index is -0.255. The van der Waals surface area contributed by atoms with Crippen LogP contribution in [0.25, 0.3) is 11.0 Å². The summed E-state index contributed by atoms with van der Waals surface area (Å²) in [4.78, 5) is 20.6. The van der Waals surface area contributed by atoms with E-state index in [4.69, 9.17) is 4.74 Å². The van der Waals surface area contributed by atoms with Gasteiger partial charge in [-0.15, -0.1) is 0 Å². The van der Waals surface area contributed by atoms with Gasteiger partial charge in [-0.05, 0) is 24.3 Å². The highest BCUT2D eigenvalue weighted by Crippen LogP contribution is 2.09. The van der Waals surface area contributed by atoms with E-state index in [1.807, 2.05) is 54.6 Å². The maximum Gasteiger partial charge on any atom is 0.271 e. The van der Waals surface area contributed by atoms with Gasteiger partial charge in [-0.1, -0.05) is 30.3 Å². The number of amides is 1. The first-order chi connectivity index (χ1) is 10.8. The third kappa shape index (κ3) is 3.38. The van der Waals surface area contributed by atoms with Crippen LogP contribution in [0.1, 0.15) is 10.5 Å². The van der Waals surface area contributed by atoms with Gasteiger partial charge in [-0.3, -0.25) is 9.78 Å². The Morgan fingerprint density at radius 1 is 1.00 bits per heavy atom. The molecule has 0 aliphatic heterocycles. The molecule has 1 aromatic heterocycles. The molecule has 0 unspecified atom stereocenters. The fraction of sp³-hybridized carbons (Fsp3) is 0.118. The van der Waals surface area contributed by atoms with Gasteiger partial charge in [0.05, 0.1) is 23.8 Å². The molecule has 0 saturated carbocycles. The Labute approximate surface area is 128 Å². The Hall–Kier alpha value is -2.95. The fourth-order valence-electron chi connectivity index (χ4n) is 2.01. The van der Waals surface area contributed by atoms with Crippen LogP contribution in [-0.2, 0) is 0 Å². The van der Waals surface area contributed by atoms with Gasteiger partial charge in [0.2, 0.25) is 0 Å². The minimum absolute atomic E-state index is 0.255. The second-order valence-electron chi connectivity index (χ2n) is 4.66. The number of rotatable bonds is 5. The average Bonchev–Trinajstić information content (AvgIpc) is 2.59. The summed E-state index contributed by atoms with van der Waals surface area (Å²) in [6, 6.07) is 16.9. The number of hydrogen-bond donors (Lipinski definition) is 1. The van der Waals surface area contributed by atoms with Gasteiger partial charge < -0.3 is 10.1 Å². The summed E-state index contributed by atoms with van der Waals surface area (Å²) in [5.74, 6) is 0.525. The number of para-hydroxylation sites is 3. The van der Waals surface area contributed by atoms with Gasteiger partial charge in [0.15, 0.2) is 0 Å². The number of nitrogens with zero attached hydrogens (tertiary/aromatic N) is 2. The predicted octanol–water partition coefficient (Wildman–Crippen LogP) is 2.44. The number of carbonyl (C=O) groups is 1. The summed E-state index contributed by atoms with van der Waals surface area (Å²) >= 11 is 0. The van der Waals surface area contributed by atoms with E-state index in [0.29, 0.717) is 24.4 Å². The van der Waals surface area contributed by atoms with Crippen LogP contribution in [-0.4, -0.2) is 29.0 Å². The lowest BCUT2D eigenvalue weighted by Crippen LogP contribution is -2.28. The number of nitrogens with one attached hydrogen (secondary N) is 1. The smallest absolute Gasteiger partial charge is 0.271 e. The second-order valence-corrected chi connectivity index (χ2v) is 4.66. The number of carbonyl (C=O) groups excluding carboxylic acids is 1. The van der Waals surface area contributed by atoms with Crippen molar-refractivity contribution in [3.63, 3.8) is 0 Å². The van der Waals surface area contributed by atoms with Crippen molar-refractivity contribution in [2.75, 3.05) is 13.2 Å². The lowest BCUT2D eigenvalue weighted by Gasteiger charge is -2.07. The highest BCUT2D eigenvalue weighted by atomic mass is 16.5. The van der Waals surface area contributed by atoms with Crippen molar-refractivity contribution in [2.24, 2.45) is 0 Å². The SMILES string of the molecule is O=C(NCCOc1ccccc1)c1cnc2ccccc2n1. The minimum Gasteiger partial charge on any atom is -0.492 e. The van der Waals surface area contributed by atoms with Crippen LogP contribution in [0, 0.1) is 0 Å². The zero-order valence-corrected chi connectivity index (χ0v) is 11.9. The summed E-state index contributed by atoms with van der Waals surface area (Å²) in [5.41, 5.74) is 1.78. The molecule has 3 aromatic rings. The quantitative estimate of drug-likeness (QED) is 0.734. The molecule has 5 heteroatoms. The number of fused-ring (bicyclic) bond motifs is 1. The van der Waals surface area contributed by atoms with Crippen molar-refractivity contribution in [1.29, 1.82) is 0 Å². The van der Waals surface area contributed by atoms with Crippen LogP contribution in [0.2, 0.25) is 0 Å². The number of aromatic nitrogens is 2. The molecule has 1 amide bonds. The van der Waals surface area contributed by atoms with Crippen molar-refractivity contribution in [3.05, 3.63) is 66.5 Å². The van der Waals surface area contributed by atoms with E-state index in [-0.39, 0.29) is 5.91 Å². The number of ether oxygens (including phenoxy) is 1. The third-order valence-corrected chi connectivity index (χ3v) is 3.08. The molecule has 2 aromatic carbocycles. The summed E-state index contributed by atoms with van der Waals surface area (Å²) in [7, 11) is 0. The van der Waals surface area contributed by atoms with E-state index in [1.165, 1.54) is 6.20 Å². The Balaban J connectivity index is 1.54. The first-order valence-corrected chi connectivity index (χ1v) is 7.01. The molecule has 22 heavy (non-hydrogen) atoms. The van der Waals surface area contributed by atoms with E-state index in [0.717, 1.165) is 11.3 Å². The lowest BCUT2D eigenvalue weighted by molar-refractivity contribution is 0.0942. The lowest BCUT2D eigenvalue weighted by atomic mass is 10.3. The molecule has 1 N–H and O–H groups in total. The van der Waals surface area contributed by atoms with Gasteiger partial charge in [0.25, 0.3) is 5.91 Å². The van der Waals surface area contributed by atoms with E-state index < -0.39 is 0 Å². The van der Waals surface area contributed by atoms with Crippen LogP contribution >= 0.6 is 0 Å². The summed E-state index contributed by atoms with van der Waals surface area (Å²) < 4.78 is 5.51. The zero-order valence-electron chi connectivity index (χ0n) is 11.9. The van der Waals surface area contributed by atoms with Crippen LogP contribution in [0.3, 0.4) is 0 Å². The summed E-state index contributed by atoms with van der Waals surface area (Å²) in [6.07, 6.45) is 1.48. The van der Waals surface area contributed by atoms with E-state index in [1.54, 1.807) is 0 Å². The van der Waals surface area contributed by atoms with Gasteiger partial charge in [-0.25, -0.2) is 4.98 Å². The molecule has 0 aliphatic carbocycles. The molecule has 1 heterocycles. The molecule has 0 radical (unpaired) electrons. The molecule has 3 rings (SSSR count). The van der Waals surface area contributed by atoms with Crippen molar-refractivity contribution < 1.29 is 9.53 Å². The molecule has 110 valence electrons. The molecular weight excluding hydrogens is 278 g/mol. The van der Waals surface area contributed by atoms with Gasteiger partial charge >= 0.3 is 0 Å². The van der Waals surface area contributed by atoms with Crippen molar-refractivity contribution >= 4 is 16.9 Å². The molecular formula is C17H15N3O2. The Morgan fingerprint density at radius 2 is 1.73 bits per heavy atom. The van der Waals surface area contributed by atoms with E-state index >= 15 is 0 Å². The van der Waals surface area contributed by atoms with Crippen LogP contribution in [0.4, 0.5) is 0 Å². The first kappa shape index (κ1) is 14.0. The van der Waals surface area contributed by atoms with Gasteiger partial charge in [0, 0.05) is 0 Å². The second kappa shape index (κ2) is 6.67. The highest BCUT2D eigenvalue weighted by molar-refractivity contribution is 5.93. The molecule has 0 atom stereocenters. The van der Waals surface area contributed by atoms with Crippen molar-refractivity contribution in [1.82, 2.24) is 15.3 Å². The topological polar surface area (TPSA) is 64.1 Å². The van der Waals surface area contributed by atoms with Crippen LogP contribution < -0.4 is 10.1 Å². The first-order valence-electron chi connectivity index (χ1n) is 7.01. The normalized spacial score (nSPS) is 10.4. The molecule has 0 spiro atoms. The molecule has 0 saturated heterocycles. The average molecular weight is 293 g/mol. The highest BCUT2D eigenvalue weighted by Gasteiger charge is 2.08. The molecule has 0 aliphatic rings. The fourth-order valence-corrected chi connectivity index (χ4v) is 2.01. The van der Waals surface area contributed by atoms with E-state index in [2.05, 4.69) is 15.3 Å². The largest absolute Gasteiger partial charge is 0.492 e. The Kier molecular flexibility index (Phi) is 4.25. The standard InChI is InChI=1S/C17H15N3O2/c21-17(18-10-11-22-13-6-2-1-3-7-13)16-12-19-14-8-4-5-9-15(14)20-16/h1-9,12H,10-11H2,(H,18,21). The molecule has 0 fully saturated rings. The predicted molar refractivity (Wildman–Crippen MR) is 83.8 cm³/mol. The maximum absolute atomic E-state index is 12.0. The maximum atomic E-state index is 12.0. The zero-order chi connectivity index (χ0) is 15.2. The summed E-state index contributed by atoms with van der Waals surface area (Å²) in [5, 5.41) is 2.77. The number of benzene rings is 2. The molecule has 5 nitrogen and oxygen atoms in total. The third-order valence-electron chi connectivity index (χ3n) is 3.08. The van der Waals surface area contributed by atoms with Gasteiger partial charge in [0.1, 0.15) is 18.1 Å². The van der Waals surface area contributed by atoms with Crippen molar-refractivity contribution in [3.8, 4) is 5.75 Å². The Bertz CT molecular complexity index is 775. The number of hydrogen-bond acceptors (Lipinski definition) is 4. The van der Waals surface area contributed by atoms with Crippen LogP contribution in [0.15, 0.2) is 60.8 Å². The summed E-state index contributed by atoms with van der Waals surface area (Å²) in [6.45, 7) is 0.805. The van der Waals surface area contributed by atoms with Gasteiger partial charge in [-0.2, -0.15) is 0 Å². The molecule has 0 bridgehead atoms.